The Kier molecular flexibility index (Phi) is 5.78. The van der Waals surface area contributed by atoms with Gasteiger partial charge in [-0.25, -0.2) is 4.98 Å². The maximum absolute atomic E-state index is 12.1. The molecule has 8 heteroatoms. The van der Waals surface area contributed by atoms with Crippen LogP contribution < -0.4 is 31.7 Å². The predicted molar refractivity (Wildman–Crippen MR) is 123 cm³/mol. The van der Waals surface area contributed by atoms with Gasteiger partial charge < -0.3 is 20.9 Å². The van der Waals surface area contributed by atoms with Gasteiger partial charge in [-0.2, -0.15) is 4.98 Å². The quantitative estimate of drug-likeness (QED) is 0.511. The molecular formula is C22H28N6O2. The molecule has 3 rings (SSSR count). The molecule has 30 heavy (non-hydrogen) atoms. The van der Waals surface area contributed by atoms with Crippen molar-refractivity contribution >= 4 is 34.5 Å². The van der Waals surface area contributed by atoms with Gasteiger partial charge in [0, 0.05) is 37.7 Å². The van der Waals surface area contributed by atoms with Crippen LogP contribution in [0.5, 0.6) is 0 Å². The molecule has 1 heterocycles. The largest absolute Gasteiger partial charge is 0.378 e. The van der Waals surface area contributed by atoms with Gasteiger partial charge in [0.1, 0.15) is 17.2 Å². The SMILES string of the molecule is C[C@@H](Nc1c(Nc2ccnc(Nc3ccc(N(C)C)cc3)n2)c(=O)c1=O)C(C)(C)C. The summed E-state index contributed by atoms with van der Waals surface area (Å²) in [7, 11) is 3.96. The van der Waals surface area contributed by atoms with E-state index in [1.54, 1.807) is 12.3 Å². The smallest absolute Gasteiger partial charge is 0.253 e. The molecule has 0 aliphatic heterocycles. The molecule has 0 unspecified atom stereocenters. The van der Waals surface area contributed by atoms with E-state index in [9.17, 15) is 9.59 Å². The van der Waals surface area contributed by atoms with Gasteiger partial charge in [-0.05, 0) is 42.7 Å². The number of nitrogens with one attached hydrogen (secondary N) is 3. The molecular weight excluding hydrogens is 380 g/mol. The van der Waals surface area contributed by atoms with Crippen molar-refractivity contribution in [2.24, 2.45) is 5.41 Å². The van der Waals surface area contributed by atoms with Crippen molar-refractivity contribution < 1.29 is 0 Å². The first-order chi connectivity index (χ1) is 14.1. The van der Waals surface area contributed by atoms with E-state index in [-0.39, 0.29) is 17.1 Å². The van der Waals surface area contributed by atoms with Gasteiger partial charge in [0.05, 0.1) is 0 Å². The van der Waals surface area contributed by atoms with Crippen molar-refractivity contribution in [2.45, 2.75) is 33.7 Å². The number of rotatable bonds is 7. The third kappa shape index (κ3) is 4.59. The van der Waals surface area contributed by atoms with Crippen LogP contribution in [0.15, 0.2) is 46.1 Å². The zero-order valence-corrected chi connectivity index (χ0v) is 18.2. The summed E-state index contributed by atoms with van der Waals surface area (Å²) >= 11 is 0. The highest BCUT2D eigenvalue weighted by atomic mass is 16.2. The summed E-state index contributed by atoms with van der Waals surface area (Å²) in [6.45, 7) is 8.18. The van der Waals surface area contributed by atoms with E-state index in [4.69, 9.17) is 0 Å². The van der Waals surface area contributed by atoms with Gasteiger partial charge in [-0.15, -0.1) is 0 Å². The van der Waals surface area contributed by atoms with Crippen LogP contribution in [0.25, 0.3) is 0 Å². The topological polar surface area (TPSA) is 99.2 Å². The summed E-state index contributed by atoms with van der Waals surface area (Å²) in [5, 5.41) is 9.26. The van der Waals surface area contributed by atoms with Gasteiger partial charge in [0.25, 0.3) is 10.9 Å². The number of benzene rings is 1. The van der Waals surface area contributed by atoms with Crippen molar-refractivity contribution in [1.82, 2.24) is 9.97 Å². The molecule has 3 aromatic rings. The predicted octanol–water partition coefficient (Wildman–Crippen LogP) is 3.47. The Balaban J connectivity index is 1.75. The second kappa shape index (κ2) is 8.14. The van der Waals surface area contributed by atoms with E-state index < -0.39 is 10.9 Å². The van der Waals surface area contributed by atoms with Crippen LogP contribution in [-0.4, -0.2) is 30.1 Å². The number of hydrogen-bond donors (Lipinski definition) is 3. The standard InChI is InChI=1S/C22H28N6O2/c1-13(22(2,3)4)24-17-18(20(30)19(17)29)26-16-11-12-23-21(27-16)25-14-7-9-15(10-8-14)28(5)6/h7-13,24H,1-6H3,(H2,23,25,26,27)/t13-/m1/s1. The minimum absolute atomic E-state index is 0.00844. The fraction of sp³-hybridized carbons (Fsp3) is 0.364. The summed E-state index contributed by atoms with van der Waals surface area (Å²) in [6.07, 6.45) is 1.59. The highest BCUT2D eigenvalue weighted by molar-refractivity contribution is 5.78. The summed E-state index contributed by atoms with van der Waals surface area (Å²) in [4.78, 5) is 34.8. The molecule has 0 amide bonds. The minimum atomic E-state index is -0.550. The lowest BCUT2D eigenvalue weighted by Crippen LogP contribution is -2.41. The van der Waals surface area contributed by atoms with Gasteiger partial charge in [0.2, 0.25) is 5.95 Å². The first kappa shape index (κ1) is 21.3. The van der Waals surface area contributed by atoms with Crippen molar-refractivity contribution in [3.05, 3.63) is 57.0 Å². The normalized spacial score (nSPS) is 12.5. The molecule has 0 radical (unpaired) electrons. The lowest BCUT2D eigenvalue weighted by atomic mass is 9.87. The summed E-state index contributed by atoms with van der Waals surface area (Å²) in [6, 6.07) is 9.50. The molecule has 8 nitrogen and oxygen atoms in total. The van der Waals surface area contributed by atoms with E-state index in [2.05, 4.69) is 46.7 Å². The monoisotopic (exact) mass is 408 g/mol. The Morgan fingerprint density at radius 2 is 1.57 bits per heavy atom. The molecule has 1 aromatic heterocycles. The van der Waals surface area contributed by atoms with Crippen molar-refractivity contribution in [1.29, 1.82) is 0 Å². The second-order valence-corrected chi connectivity index (χ2v) is 8.60. The zero-order valence-electron chi connectivity index (χ0n) is 18.2. The summed E-state index contributed by atoms with van der Waals surface area (Å²) in [5.74, 6) is 0.810. The van der Waals surface area contributed by atoms with Crippen LogP contribution in [0.2, 0.25) is 0 Å². The number of anilines is 6. The average molecular weight is 409 g/mol. The van der Waals surface area contributed by atoms with Gasteiger partial charge in [-0.1, -0.05) is 20.8 Å². The Bertz CT molecular complexity index is 1090. The van der Waals surface area contributed by atoms with E-state index in [0.717, 1.165) is 11.4 Å². The number of hydrogen-bond acceptors (Lipinski definition) is 8. The van der Waals surface area contributed by atoms with Crippen LogP contribution >= 0.6 is 0 Å². The molecule has 0 aliphatic carbocycles. The highest BCUT2D eigenvalue weighted by Crippen LogP contribution is 2.26. The Hall–Kier alpha value is -3.42. The third-order valence-corrected chi connectivity index (χ3v) is 5.12. The van der Waals surface area contributed by atoms with E-state index >= 15 is 0 Å². The molecule has 0 bridgehead atoms. The second-order valence-electron chi connectivity index (χ2n) is 8.60. The van der Waals surface area contributed by atoms with Crippen molar-refractivity contribution in [3.8, 4) is 0 Å². The van der Waals surface area contributed by atoms with Gasteiger partial charge in [0.15, 0.2) is 0 Å². The van der Waals surface area contributed by atoms with Crippen LogP contribution in [0, 0.1) is 5.41 Å². The van der Waals surface area contributed by atoms with Gasteiger partial charge >= 0.3 is 0 Å². The molecule has 0 fully saturated rings. The number of nitrogens with zero attached hydrogens (tertiary/aromatic N) is 3. The molecule has 158 valence electrons. The lowest BCUT2D eigenvalue weighted by molar-refractivity contribution is 0.359. The van der Waals surface area contributed by atoms with E-state index in [1.807, 2.05) is 50.2 Å². The molecule has 0 saturated carbocycles. The Labute approximate surface area is 176 Å². The van der Waals surface area contributed by atoms with Crippen molar-refractivity contribution in [2.75, 3.05) is 34.9 Å². The van der Waals surface area contributed by atoms with Crippen LogP contribution in [0.4, 0.5) is 34.5 Å². The lowest BCUT2D eigenvalue weighted by Gasteiger charge is -2.30. The molecule has 2 aromatic carbocycles. The van der Waals surface area contributed by atoms with E-state index in [1.165, 1.54) is 0 Å². The maximum Gasteiger partial charge on any atom is 0.253 e. The van der Waals surface area contributed by atoms with E-state index in [0.29, 0.717) is 17.5 Å². The first-order valence-corrected chi connectivity index (χ1v) is 9.80. The average Bonchev–Trinajstić information content (AvgIpc) is 2.70. The summed E-state index contributed by atoms with van der Waals surface area (Å²) < 4.78 is 0. The maximum atomic E-state index is 12.1. The van der Waals surface area contributed by atoms with Crippen LogP contribution in [0.3, 0.4) is 0 Å². The van der Waals surface area contributed by atoms with Crippen LogP contribution in [0.1, 0.15) is 27.7 Å². The fourth-order valence-corrected chi connectivity index (χ4v) is 2.67. The molecule has 3 N–H and O–H groups in total. The van der Waals surface area contributed by atoms with Gasteiger partial charge in [-0.3, -0.25) is 9.59 Å². The third-order valence-electron chi connectivity index (χ3n) is 5.12. The number of aromatic nitrogens is 2. The minimum Gasteiger partial charge on any atom is -0.378 e. The molecule has 0 aliphatic rings. The van der Waals surface area contributed by atoms with Crippen LogP contribution in [-0.2, 0) is 0 Å². The Morgan fingerprint density at radius 3 is 2.17 bits per heavy atom. The highest BCUT2D eigenvalue weighted by Gasteiger charge is 2.27. The molecule has 1 atom stereocenters. The fourth-order valence-electron chi connectivity index (χ4n) is 2.67. The Morgan fingerprint density at radius 1 is 0.933 bits per heavy atom. The first-order valence-electron chi connectivity index (χ1n) is 9.80. The summed E-state index contributed by atoms with van der Waals surface area (Å²) in [5.41, 5.74) is 1.33. The van der Waals surface area contributed by atoms with Crippen molar-refractivity contribution in [3.63, 3.8) is 0 Å². The molecule has 0 saturated heterocycles. The molecule has 0 spiro atoms. The zero-order chi connectivity index (χ0) is 22.1.